The van der Waals surface area contributed by atoms with Gasteiger partial charge >= 0.3 is 6.09 Å². The molecule has 1 saturated carbocycles. The number of benzene rings is 2. The number of anilines is 1. The van der Waals surface area contributed by atoms with Crippen LogP contribution in [0.15, 0.2) is 48.5 Å². The van der Waals surface area contributed by atoms with Crippen LogP contribution in [0.5, 0.6) is 11.5 Å². The Morgan fingerprint density at radius 1 is 1.05 bits per heavy atom. The van der Waals surface area contributed by atoms with Crippen molar-refractivity contribution in [2.24, 2.45) is 11.8 Å². The molecule has 0 aromatic heterocycles. The van der Waals surface area contributed by atoms with E-state index in [0.717, 1.165) is 6.42 Å². The number of hydrogen-bond donors (Lipinski definition) is 3. The maximum absolute atomic E-state index is 14.2. The van der Waals surface area contributed by atoms with Crippen LogP contribution in [0.25, 0.3) is 0 Å². The van der Waals surface area contributed by atoms with E-state index >= 15 is 0 Å². The zero-order chi connectivity index (χ0) is 28.9. The normalized spacial score (nSPS) is 18.1. The number of amides is 3. The number of alkyl carbamates (subject to hydrolysis) is 1. The van der Waals surface area contributed by atoms with Crippen LogP contribution in [0.2, 0.25) is 0 Å². The second kappa shape index (κ2) is 12.4. The van der Waals surface area contributed by atoms with Crippen LogP contribution >= 0.6 is 0 Å². The fraction of sp³-hybridized carbons (Fsp3) is 0.500. The Kier molecular flexibility index (Phi) is 9.48. The van der Waals surface area contributed by atoms with Crippen molar-refractivity contribution in [1.82, 2.24) is 10.2 Å². The third-order valence-electron chi connectivity index (χ3n) is 6.47. The molecule has 4 unspecified atom stereocenters. The zero-order valence-corrected chi connectivity index (χ0v) is 23.9. The van der Waals surface area contributed by atoms with E-state index in [1.807, 2.05) is 20.8 Å². The molecule has 1 fully saturated rings. The predicted octanol–water partition coefficient (Wildman–Crippen LogP) is 5.26. The number of ether oxygens (including phenoxy) is 2. The van der Waals surface area contributed by atoms with E-state index in [1.54, 1.807) is 69.2 Å². The van der Waals surface area contributed by atoms with Gasteiger partial charge in [0.25, 0.3) is 5.91 Å². The molecule has 0 heterocycles. The number of carbonyl (C=O) groups excluding carboxylic acids is 3. The van der Waals surface area contributed by atoms with E-state index in [2.05, 4.69) is 10.6 Å². The lowest BCUT2D eigenvalue weighted by Crippen LogP contribution is -2.53. The summed E-state index contributed by atoms with van der Waals surface area (Å²) in [6, 6.07) is 11.1. The van der Waals surface area contributed by atoms with Gasteiger partial charge in [-0.3, -0.25) is 9.59 Å². The molecule has 0 saturated heterocycles. The van der Waals surface area contributed by atoms with Gasteiger partial charge in [0.1, 0.15) is 29.2 Å². The van der Waals surface area contributed by atoms with Crippen molar-refractivity contribution in [3.63, 3.8) is 0 Å². The summed E-state index contributed by atoms with van der Waals surface area (Å²) in [5.41, 5.74) is 0.366. The first-order valence-corrected chi connectivity index (χ1v) is 13.3. The Labute approximate surface area is 230 Å². The van der Waals surface area contributed by atoms with Gasteiger partial charge in [-0.15, -0.1) is 0 Å². The Bertz CT molecular complexity index is 1140. The highest BCUT2D eigenvalue weighted by Gasteiger charge is 2.48. The monoisotopic (exact) mass is 539 g/mol. The van der Waals surface area contributed by atoms with E-state index in [0.29, 0.717) is 23.4 Å². The summed E-state index contributed by atoms with van der Waals surface area (Å²) in [6.07, 6.45) is 0.420. The molecule has 3 amide bonds. The summed E-state index contributed by atoms with van der Waals surface area (Å²) in [6.45, 7) is 11.2. The molecule has 0 spiro atoms. The molecule has 3 N–H and O–H groups in total. The van der Waals surface area contributed by atoms with Crippen LogP contribution in [-0.4, -0.2) is 52.7 Å². The summed E-state index contributed by atoms with van der Waals surface area (Å²) in [5.74, 6) is 0.216. The van der Waals surface area contributed by atoms with E-state index in [4.69, 9.17) is 9.47 Å². The van der Waals surface area contributed by atoms with Crippen molar-refractivity contribution in [1.29, 1.82) is 0 Å². The van der Waals surface area contributed by atoms with Crippen molar-refractivity contribution in [3.8, 4) is 11.5 Å². The van der Waals surface area contributed by atoms with Crippen molar-refractivity contribution < 1.29 is 29.0 Å². The molecule has 2 aromatic carbocycles. The Morgan fingerprint density at radius 2 is 1.64 bits per heavy atom. The number of carbonyl (C=O) groups is 3. The van der Waals surface area contributed by atoms with Gasteiger partial charge in [-0.1, -0.05) is 32.9 Å². The van der Waals surface area contributed by atoms with Crippen LogP contribution in [0.4, 0.5) is 10.5 Å². The number of nitrogens with one attached hydrogen (secondary N) is 2. The van der Waals surface area contributed by atoms with Crippen LogP contribution in [0.3, 0.4) is 0 Å². The Balaban J connectivity index is 2.00. The standard InChI is InChI=1S/C30H41N3O6/c1-18(2)16-24(32-29(37)39-30(4,5)6)28(36)33(25-17-19(25)3)26(20-8-12-22(34)13-9-20)27(35)31-21-10-14-23(38-7)15-11-21/h8-15,18-19,24-26,34H,16-17H2,1-7H3,(H,31,35)(H,32,37). The fourth-order valence-corrected chi connectivity index (χ4v) is 4.47. The largest absolute Gasteiger partial charge is 0.508 e. The molecular weight excluding hydrogens is 498 g/mol. The topological polar surface area (TPSA) is 117 Å². The van der Waals surface area contributed by atoms with Gasteiger partial charge in [-0.2, -0.15) is 0 Å². The lowest BCUT2D eigenvalue weighted by atomic mass is 9.98. The number of hydrogen-bond acceptors (Lipinski definition) is 6. The first-order chi connectivity index (χ1) is 18.3. The lowest BCUT2D eigenvalue weighted by Gasteiger charge is -2.35. The molecular formula is C30H41N3O6. The van der Waals surface area contributed by atoms with Gasteiger partial charge in [-0.05, 0) is 87.4 Å². The Hall–Kier alpha value is -3.75. The second-order valence-corrected chi connectivity index (χ2v) is 11.6. The van der Waals surface area contributed by atoms with Gasteiger partial charge in [0, 0.05) is 11.7 Å². The van der Waals surface area contributed by atoms with Gasteiger partial charge in [0.2, 0.25) is 5.91 Å². The van der Waals surface area contributed by atoms with Crippen molar-refractivity contribution in [2.75, 3.05) is 12.4 Å². The molecule has 0 radical (unpaired) electrons. The highest BCUT2D eigenvalue weighted by atomic mass is 16.6. The smallest absolute Gasteiger partial charge is 0.408 e. The number of methoxy groups -OCH3 is 1. The first kappa shape index (κ1) is 29.8. The van der Waals surface area contributed by atoms with Gasteiger partial charge < -0.3 is 30.1 Å². The highest BCUT2D eigenvalue weighted by molar-refractivity contribution is 5.99. The van der Waals surface area contributed by atoms with Gasteiger partial charge in [0.05, 0.1) is 7.11 Å². The first-order valence-electron chi connectivity index (χ1n) is 13.3. The minimum atomic E-state index is -0.995. The van der Waals surface area contributed by atoms with Crippen molar-refractivity contribution in [3.05, 3.63) is 54.1 Å². The second-order valence-electron chi connectivity index (χ2n) is 11.6. The number of nitrogens with zero attached hydrogens (tertiary/aromatic N) is 1. The van der Waals surface area contributed by atoms with Gasteiger partial charge in [0.15, 0.2) is 0 Å². The van der Waals surface area contributed by atoms with Crippen molar-refractivity contribution in [2.45, 2.75) is 78.1 Å². The SMILES string of the molecule is COc1ccc(NC(=O)C(c2ccc(O)cc2)N(C(=O)C(CC(C)C)NC(=O)OC(C)(C)C)C2CC2C)cc1. The Morgan fingerprint density at radius 3 is 2.13 bits per heavy atom. The van der Waals surface area contributed by atoms with Crippen LogP contribution < -0.4 is 15.4 Å². The molecule has 9 nitrogen and oxygen atoms in total. The summed E-state index contributed by atoms with van der Waals surface area (Å²) in [7, 11) is 1.56. The molecule has 9 heteroatoms. The zero-order valence-electron chi connectivity index (χ0n) is 23.9. The molecule has 0 bridgehead atoms. The molecule has 2 aromatic rings. The molecule has 4 atom stereocenters. The average Bonchev–Trinajstić information content (AvgIpc) is 3.57. The minimum Gasteiger partial charge on any atom is -0.508 e. The number of rotatable bonds is 10. The van der Waals surface area contributed by atoms with Crippen LogP contribution in [-0.2, 0) is 14.3 Å². The van der Waals surface area contributed by atoms with Crippen LogP contribution in [0, 0.1) is 11.8 Å². The summed E-state index contributed by atoms with van der Waals surface area (Å²) < 4.78 is 10.7. The average molecular weight is 540 g/mol. The minimum absolute atomic E-state index is 0.0509. The molecule has 0 aliphatic heterocycles. The quantitative estimate of drug-likeness (QED) is 0.379. The molecule has 39 heavy (non-hydrogen) atoms. The molecule has 212 valence electrons. The number of phenolic OH excluding ortho intramolecular Hbond substituents is 1. The van der Waals surface area contributed by atoms with E-state index < -0.39 is 29.7 Å². The number of aromatic hydroxyl groups is 1. The summed E-state index contributed by atoms with van der Waals surface area (Å²) in [4.78, 5) is 42.4. The summed E-state index contributed by atoms with van der Waals surface area (Å²) in [5, 5.41) is 15.6. The molecule has 3 rings (SSSR count). The van der Waals surface area contributed by atoms with E-state index in [1.165, 1.54) is 12.1 Å². The third-order valence-corrected chi connectivity index (χ3v) is 6.47. The highest BCUT2D eigenvalue weighted by Crippen LogP contribution is 2.41. The van der Waals surface area contributed by atoms with Crippen molar-refractivity contribution >= 4 is 23.6 Å². The molecule has 1 aliphatic rings. The van der Waals surface area contributed by atoms with E-state index in [9.17, 15) is 19.5 Å². The third kappa shape index (κ3) is 8.37. The fourth-order valence-electron chi connectivity index (χ4n) is 4.47. The number of phenols is 1. The van der Waals surface area contributed by atoms with E-state index in [-0.39, 0.29) is 29.5 Å². The van der Waals surface area contributed by atoms with Gasteiger partial charge in [-0.25, -0.2) is 4.79 Å². The summed E-state index contributed by atoms with van der Waals surface area (Å²) >= 11 is 0. The molecule has 1 aliphatic carbocycles. The maximum atomic E-state index is 14.2. The predicted molar refractivity (Wildman–Crippen MR) is 149 cm³/mol. The maximum Gasteiger partial charge on any atom is 0.408 e. The lowest BCUT2D eigenvalue weighted by molar-refractivity contribution is -0.142. The van der Waals surface area contributed by atoms with Crippen LogP contribution in [0.1, 0.15) is 66.0 Å².